The zero-order chi connectivity index (χ0) is 28.6. The molecule has 0 heterocycles. The number of halogens is 3. The Morgan fingerprint density at radius 2 is 1.64 bits per heavy atom. The molecule has 3 aromatic rings. The minimum absolute atomic E-state index is 0.0271. The summed E-state index contributed by atoms with van der Waals surface area (Å²) in [6.07, 6.45) is 1.65. The smallest absolute Gasteiger partial charge is 0.264 e. The van der Waals surface area contributed by atoms with Crippen LogP contribution in [0.15, 0.2) is 77.7 Å². The van der Waals surface area contributed by atoms with Crippen molar-refractivity contribution in [2.24, 2.45) is 0 Å². The molecule has 0 aliphatic heterocycles. The van der Waals surface area contributed by atoms with Crippen LogP contribution in [0.1, 0.15) is 32.3 Å². The molecule has 0 aliphatic rings. The van der Waals surface area contributed by atoms with Gasteiger partial charge in [-0.3, -0.25) is 13.9 Å². The van der Waals surface area contributed by atoms with Crippen LogP contribution >= 0.6 is 23.2 Å². The number of rotatable bonds is 12. The lowest BCUT2D eigenvalue weighted by Crippen LogP contribution is -2.51. The number of anilines is 1. The van der Waals surface area contributed by atoms with Crippen molar-refractivity contribution in [3.8, 4) is 0 Å². The number of sulfonamides is 1. The maximum atomic E-state index is 13.8. The molecular weight excluding hydrogens is 564 g/mol. The van der Waals surface area contributed by atoms with Gasteiger partial charge in [0, 0.05) is 13.1 Å². The summed E-state index contributed by atoms with van der Waals surface area (Å²) >= 11 is 12.2. The highest BCUT2D eigenvalue weighted by atomic mass is 35.5. The zero-order valence-corrected chi connectivity index (χ0v) is 23.9. The SMILES string of the molecule is CCCCNC(=O)C(C)N(Cc1ccc(Cl)c(Cl)c1)C(=O)CN(c1ccc(F)cc1)S(=O)(=O)c1ccccc1. The number of benzene rings is 3. The fourth-order valence-electron chi connectivity index (χ4n) is 3.81. The van der Waals surface area contributed by atoms with Gasteiger partial charge in [0.15, 0.2) is 0 Å². The van der Waals surface area contributed by atoms with E-state index in [2.05, 4.69) is 5.32 Å². The standard InChI is InChI=1S/C28H30Cl2FN3O4S/c1-3-4-16-32-28(36)20(2)33(18-21-10-15-25(29)26(30)17-21)27(35)19-34(23-13-11-22(31)12-14-23)39(37,38)24-8-6-5-7-9-24/h5-15,17,20H,3-4,16,18-19H2,1-2H3,(H,32,36). The molecule has 2 amide bonds. The molecule has 1 atom stereocenters. The summed E-state index contributed by atoms with van der Waals surface area (Å²) in [4.78, 5) is 28.0. The first-order valence-electron chi connectivity index (χ1n) is 12.4. The van der Waals surface area contributed by atoms with Crippen molar-refractivity contribution in [2.45, 2.75) is 44.2 Å². The monoisotopic (exact) mass is 593 g/mol. The lowest BCUT2D eigenvalue weighted by atomic mass is 10.1. The Kier molecular flexibility index (Phi) is 10.7. The number of amides is 2. The van der Waals surface area contributed by atoms with Crippen molar-refractivity contribution < 1.29 is 22.4 Å². The van der Waals surface area contributed by atoms with E-state index >= 15 is 0 Å². The van der Waals surface area contributed by atoms with Crippen LogP contribution in [0.3, 0.4) is 0 Å². The van der Waals surface area contributed by atoms with Crippen LogP contribution in [0.4, 0.5) is 10.1 Å². The fourth-order valence-corrected chi connectivity index (χ4v) is 5.57. The van der Waals surface area contributed by atoms with Gasteiger partial charge in [-0.25, -0.2) is 12.8 Å². The maximum Gasteiger partial charge on any atom is 0.264 e. The van der Waals surface area contributed by atoms with Gasteiger partial charge in [-0.15, -0.1) is 0 Å². The van der Waals surface area contributed by atoms with E-state index in [0.29, 0.717) is 17.1 Å². The van der Waals surface area contributed by atoms with Gasteiger partial charge < -0.3 is 10.2 Å². The molecule has 0 saturated carbocycles. The molecule has 3 rings (SSSR count). The zero-order valence-electron chi connectivity index (χ0n) is 21.6. The van der Waals surface area contributed by atoms with Gasteiger partial charge in [-0.1, -0.05) is 60.8 Å². The van der Waals surface area contributed by atoms with Crippen LogP contribution in [0.25, 0.3) is 0 Å². The highest BCUT2D eigenvalue weighted by Gasteiger charge is 2.32. The minimum atomic E-state index is -4.22. The third-order valence-corrected chi connectivity index (χ3v) is 8.59. The first-order valence-corrected chi connectivity index (χ1v) is 14.6. The Hall–Kier alpha value is -3.14. The second-order valence-electron chi connectivity index (χ2n) is 8.89. The quantitative estimate of drug-likeness (QED) is 0.274. The minimum Gasteiger partial charge on any atom is -0.354 e. The number of unbranched alkanes of at least 4 members (excludes halogenated alkanes) is 1. The topological polar surface area (TPSA) is 86.8 Å². The highest BCUT2D eigenvalue weighted by molar-refractivity contribution is 7.92. The summed E-state index contributed by atoms with van der Waals surface area (Å²) in [7, 11) is -4.22. The van der Waals surface area contributed by atoms with Crippen LogP contribution in [-0.4, -0.2) is 44.3 Å². The maximum absolute atomic E-state index is 13.8. The third kappa shape index (κ3) is 7.94. The fraction of sp³-hybridized carbons (Fsp3) is 0.286. The summed E-state index contributed by atoms with van der Waals surface area (Å²) in [5.41, 5.74) is 0.702. The number of carbonyl (C=O) groups excluding carboxylic acids is 2. The predicted molar refractivity (Wildman–Crippen MR) is 152 cm³/mol. The van der Waals surface area contributed by atoms with E-state index in [4.69, 9.17) is 23.2 Å². The lowest BCUT2D eigenvalue weighted by Gasteiger charge is -2.32. The third-order valence-electron chi connectivity index (χ3n) is 6.06. The summed E-state index contributed by atoms with van der Waals surface area (Å²) in [5.74, 6) is -1.57. The molecule has 3 aromatic carbocycles. The Bertz CT molecular complexity index is 1390. The average Bonchev–Trinajstić information content (AvgIpc) is 2.93. The van der Waals surface area contributed by atoms with Gasteiger partial charge in [0.1, 0.15) is 18.4 Å². The number of nitrogens with one attached hydrogen (secondary N) is 1. The second-order valence-corrected chi connectivity index (χ2v) is 11.6. The van der Waals surface area contributed by atoms with E-state index in [9.17, 15) is 22.4 Å². The van der Waals surface area contributed by atoms with E-state index in [1.54, 1.807) is 43.3 Å². The van der Waals surface area contributed by atoms with Crippen molar-refractivity contribution in [1.29, 1.82) is 0 Å². The van der Waals surface area contributed by atoms with Gasteiger partial charge in [-0.2, -0.15) is 0 Å². The van der Waals surface area contributed by atoms with Gasteiger partial charge in [0.2, 0.25) is 11.8 Å². The van der Waals surface area contributed by atoms with E-state index in [-0.39, 0.29) is 28.1 Å². The number of hydrogen-bond donors (Lipinski definition) is 1. The van der Waals surface area contributed by atoms with Crippen molar-refractivity contribution in [3.63, 3.8) is 0 Å². The van der Waals surface area contributed by atoms with Crippen LogP contribution in [0.2, 0.25) is 10.0 Å². The van der Waals surface area contributed by atoms with Gasteiger partial charge in [0.25, 0.3) is 10.0 Å². The lowest BCUT2D eigenvalue weighted by molar-refractivity contribution is -0.139. The van der Waals surface area contributed by atoms with Gasteiger partial charge in [0.05, 0.1) is 20.6 Å². The Balaban J connectivity index is 1.99. The van der Waals surface area contributed by atoms with Gasteiger partial charge in [-0.05, 0) is 67.4 Å². The molecule has 0 aliphatic carbocycles. The molecule has 1 N–H and O–H groups in total. The molecule has 7 nitrogen and oxygen atoms in total. The van der Waals surface area contributed by atoms with E-state index in [1.165, 1.54) is 29.2 Å². The molecule has 0 bridgehead atoms. The number of carbonyl (C=O) groups is 2. The average molecular weight is 595 g/mol. The molecule has 11 heteroatoms. The van der Waals surface area contributed by atoms with Crippen molar-refractivity contribution in [1.82, 2.24) is 10.2 Å². The molecule has 0 saturated heterocycles. The molecule has 208 valence electrons. The van der Waals surface area contributed by atoms with E-state index < -0.39 is 34.3 Å². The summed E-state index contributed by atoms with van der Waals surface area (Å²) < 4.78 is 41.9. The van der Waals surface area contributed by atoms with Crippen LogP contribution < -0.4 is 9.62 Å². The molecular formula is C28H30Cl2FN3O4S. The van der Waals surface area contributed by atoms with Gasteiger partial charge >= 0.3 is 0 Å². The van der Waals surface area contributed by atoms with E-state index in [1.807, 2.05) is 6.92 Å². The van der Waals surface area contributed by atoms with Crippen molar-refractivity contribution in [3.05, 3.63) is 94.2 Å². The van der Waals surface area contributed by atoms with E-state index in [0.717, 1.165) is 29.3 Å². The number of hydrogen-bond acceptors (Lipinski definition) is 4. The first kappa shape index (κ1) is 30.4. The molecule has 0 radical (unpaired) electrons. The normalized spacial score (nSPS) is 12.0. The largest absolute Gasteiger partial charge is 0.354 e. The Labute approximate surface area is 238 Å². The molecule has 39 heavy (non-hydrogen) atoms. The highest BCUT2D eigenvalue weighted by Crippen LogP contribution is 2.26. The summed E-state index contributed by atoms with van der Waals surface area (Å²) in [6.45, 7) is 3.35. The summed E-state index contributed by atoms with van der Waals surface area (Å²) in [5, 5.41) is 3.43. The van der Waals surface area contributed by atoms with Crippen LogP contribution in [0.5, 0.6) is 0 Å². The van der Waals surface area contributed by atoms with Crippen LogP contribution in [0, 0.1) is 5.82 Å². The number of nitrogens with zero attached hydrogens (tertiary/aromatic N) is 2. The second kappa shape index (κ2) is 13.8. The Morgan fingerprint density at radius 3 is 2.26 bits per heavy atom. The molecule has 1 unspecified atom stereocenters. The Morgan fingerprint density at radius 1 is 0.974 bits per heavy atom. The van der Waals surface area contributed by atoms with Crippen LogP contribution in [-0.2, 0) is 26.2 Å². The molecule has 0 spiro atoms. The van der Waals surface area contributed by atoms with Crippen molar-refractivity contribution in [2.75, 3.05) is 17.4 Å². The van der Waals surface area contributed by atoms with Crippen molar-refractivity contribution >= 4 is 50.7 Å². The molecule has 0 fully saturated rings. The predicted octanol–water partition coefficient (Wildman–Crippen LogP) is 5.66. The summed E-state index contributed by atoms with van der Waals surface area (Å²) in [6, 6.07) is 16.3. The first-order chi connectivity index (χ1) is 18.5. The molecule has 0 aromatic heterocycles.